The van der Waals surface area contributed by atoms with Crippen LogP contribution < -0.4 is 10.1 Å². The van der Waals surface area contributed by atoms with E-state index in [2.05, 4.69) is 15.2 Å². The summed E-state index contributed by atoms with van der Waals surface area (Å²) in [6.07, 6.45) is 4.49. The highest BCUT2D eigenvalue weighted by atomic mass is 19.3. The lowest BCUT2D eigenvalue weighted by molar-refractivity contribution is -0.0499. The Labute approximate surface area is 122 Å². The Hall–Kier alpha value is -1.95. The summed E-state index contributed by atoms with van der Waals surface area (Å²) in [6, 6.07) is 6.83. The van der Waals surface area contributed by atoms with Crippen molar-refractivity contribution < 1.29 is 13.5 Å². The number of rotatable bonds is 7. The zero-order valence-corrected chi connectivity index (χ0v) is 12.1. The Balaban J connectivity index is 2.17. The fourth-order valence-corrected chi connectivity index (χ4v) is 2.27. The normalized spacial score (nSPS) is 12.6. The van der Waals surface area contributed by atoms with Crippen molar-refractivity contribution in [3.05, 3.63) is 47.8 Å². The van der Waals surface area contributed by atoms with Crippen molar-refractivity contribution in [1.29, 1.82) is 0 Å². The Morgan fingerprint density at radius 3 is 2.81 bits per heavy atom. The van der Waals surface area contributed by atoms with Crippen LogP contribution in [0.25, 0.3) is 0 Å². The first-order valence-electron chi connectivity index (χ1n) is 6.84. The molecule has 1 heterocycles. The van der Waals surface area contributed by atoms with Crippen molar-refractivity contribution >= 4 is 0 Å². The van der Waals surface area contributed by atoms with Crippen LogP contribution in [0.2, 0.25) is 0 Å². The average Bonchev–Trinajstić information content (AvgIpc) is 2.83. The van der Waals surface area contributed by atoms with Gasteiger partial charge in [0.1, 0.15) is 5.75 Å². The highest BCUT2D eigenvalue weighted by Crippen LogP contribution is 2.23. The molecule has 0 radical (unpaired) electrons. The summed E-state index contributed by atoms with van der Waals surface area (Å²) in [7, 11) is 1.86. The molecule has 0 aliphatic heterocycles. The standard InChI is InChI=1S/C15H19F2N3O/c1-3-18-14(7-11-9-19-20(2)10-11)12-5-4-6-13(8-12)21-15(16)17/h4-6,8-10,14-15,18H,3,7H2,1-2H3. The largest absolute Gasteiger partial charge is 0.435 e. The summed E-state index contributed by atoms with van der Waals surface area (Å²) in [4.78, 5) is 0. The lowest BCUT2D eigenvalue weighted by atomic mass is 10.0. The van der Waals surface area contributed by atoms with Crippen LogP contribution in [0.4, 0.5) is 8.78 Å². The topological polar surface area (TPSA) is 39.1 Å². The lowest BCUT2D eigenvalue weighted by Crippen LogP contribution is -2.23. The van der Waals surface area contributed by atoms with E-state index in [1.165, 1.54) is 6.07 Å². The van der Waals surface area contributed by atoms with Gasteiger partial charge in [-0.3, -0.25) is 4.68 Å². The molecule has 0 bridgehead atoms. The molecule has 1 N–H and O–H groups in total. The van der Waals surface area contributed by atoms with Gasteiger partial charge in [0.25, 0.3) is 0 Å². The van der Waals surface area contributed by atoms with Gasteiger partial charge in [0.15, 0.2) is 0 Å². The number of ether oxygens (including phenoxy) is 1. The van der Waals surface area contributed by atoms with Crippen molar-refractivity contribution in [3.8, 4) is 5.75 Å². The van der Waals surface area contributed by atoms with Gasteiger partial charge < -0.3 is 10.1 Å². The van der Waals surface area contributed by atoms with Crippen LogP contribution in [0.3, 0.4) is 0 Å². The molecule has 0 aliphatic carbocycles. The number of halogens is 2. The first-order chi connectivity index (χ1) is 10.1. The van der Waals surface area contributed by atoms with E-state index in [9.17, 15) is 8.78 Å². The second-order valence-electron chi connectivity index (χ2n) is 4.79. The molecule has 0 spiro atoms. The Bertz CT molecular complexity index is 572. The van der Waals surface area contributed by atoms with Crippen molar-refractivity contribution in [2.75, 3.05) is 6.54 Å². The van der Waals surface area contributed by atoms with Crippen LogP contribution in [0.5, 0.6) is 5.75 Å². The first kappa shape index (κ1) is 15.4. The van der Waals surface area contributed by atoms with E-state index in [-0.39, 0.29) is 11.8 Å². The van der Waals surface area contributed by atoms with E-state index in [0.29, 0.717) is 0 Å². The lowest BCUT2D eigenvalue weighted by Gasteiger charge is -2.18. The monoisotopic (exact) mass is 295 g/mol. The van der Waals surface area contributed by atoms with E-state index in [0.717, 1.165) is 24.1 Å². The van der Waals surface area contributed by atoms with Crippen LogP contribution in [0, 0.1) is 0 Å². The van der Waals surface area contributed by atoms with Crippen LogP contribution in [0.15, 0.2) is 36.7 Å². The first-order valence-corrected chi connectivity index (χ1v) is 6.84. The van der Waals surface area contributed by atoms with Gasteiger partial charge in [-0.15, -0.1) is 0 Å². The molecular formula is C15H19F2N3O. The number of aromatic nitrogens is 2. The smallest absolute Gasteiger partial charge is 0.387 e. The fraction of sp³-hybridized carbons (Fsp3) is 0.400. The molecule has 0 aliphatic rings. The Morgan fingerprint density at radius 1 is 1.38 bits per heavy atom. The summed E-state index contributed by atoms with van der Waals surface area (Å²) >= 11 is 0. The van der Waals surface area contributed by atoms with Crippen LogP contribution >= 0.6 is 0 Å². The molecule has 1 unspecified atom stereocenters. The highest BCUT2D eigenvalue weighted by molar-refractivity contribution is 5.31. The number of hydrogen-bond donors (Lipinski definition) is 1. The molecule has 0 amide bonds. The van der Waals surface area contributed by atoms with Gasteiger partial charge in [-0.05, 0) is 36.2 Å². The number of benzene rings is 1. The zero-order valence-electron chi connectivity index (χ0n) is 12.1. The van der Waals surface area contributed by atoms with Gasteiger partial charge >= 0.3 is 6.61 Å². The number of hydrogen-bond acceptors (Lipinski definition) is 3. The quantitative estimate of drug-likeness (QED) is 0.853. The molecule has 1 aromatic carbocycles. The van der Waals surface area contributed by atoms with E-state index in [4.69, 9.17) is 0 Å². The molecule has 0 fully saturated rings. The molecule has 114 valence electrons. The summed E-state index contributed by atoms with van der Waals surface area (Å²) < 4.78 is 30.8. The minimum atomic E-state index is -2.81. The molecule has 6 heteroatoms. The van der Waals surface area contributed by atoms with E-state index in [1.54, 1.807) is 16.8 Å². The molecule has 1 atom stereocenters. The van der Waals surface area contributed by atoms with Gasteiger partial charge in [0.2, 0.25) is 0 Å². The molecular weight excluding hydrogens is 276 g/mol. The molecule has 0 saturated heterocycles. The van der Waals surface area contributed by atoms with Gasteiger partial charge in [-0.2, -0.15) is 13.9 Å². The maximum atomic E-state index is 12.3. The minimum absolute atomic E-state index is 0.0282. The third-order valence-electron chi connectivity index (χ3n) is 3.13. The molecule has 2 aromatic rings. The van der Waals surface area contributed by atoms with Crippen LogP contribution in [-0.4, -0.2) is 22.9 Å². The summed E-state index contributed by atoms with van der Waals surface area (Å²) in [5.74, 6) is 0.177. The minimum Gasteiger partial charge on any atom is -0.435 e. The van der Waals surface area contributed by atoms with Crippen LogP contribution in [0.1, 0.15) is 24.1 Å². The molecule has 0 saturated carbocycles. The van der Waals surface area contributed by atoms with Crippen molar-refractivity contribution in [3.63, 3.8) is 0 Å². The average molecular weight is 295 g/mol. The highest BCUT2D eigenvalue weighted by Gasteiger charge is 2.14. The summed E-state index contributed by atoms with van der Waals surface area (Å²) in [5, 5.41) is 7.50. The van der Waals surface area contributed by atoms with Gasteiger partial charge in [-0.25, -0.2) is 0 Å². The third-order valence-corrected chi connectivity index (χ3v) is 3.13. The van der Waals surface area contributed by atoms with Crippen molar-refractivity contribution in [2.24, 2.45) is 7.05 Å². The molecule has 2 rings (SSSR count). The molecule has 21 heavy (non-hydrogen) atoms. The Kier molecular flexibility index (Phi) is 5.27. The number of alkyl halides is 2. The van der Waals surface area contributed by atoms with Gasteiger partial charge in [-0.1, -0.05) is 19.1 Å². The van der Waals surface area contributed by atoms with Crippen molar-refractivity contribution in [1.82, 2.24) is 15.1 Å². The number of likely N-dealkylation sites (N-methyl/N-ethyl adjacent to an activating group) is 1. The Morgan fingerprint density at radius 2 is 2.19 bits per heavy atom. The number of nitrogens with zero attached hydrogens (tertiary/aromatic N) is 2. The maximum Gasteiger partial charge on any atom is 0.387 e. The zero-order chi connectivity index (χ0) is 15.2. The van der Waals surface area contributed by atoms with E-state index in [1.807, 2.05) is 32.4 Å². The van der Waals surface area contributed by atoms with Crippen LogP contribution in [-0.2, 0) is 13.5 Å². The second kappa shape index (κ2) is 7.17. The van der Waals surface area contributed by atoms with Gasteiger partial charge in [0, 0.05) is 19.3 Å². The van der Waals surface area contributed by atoms with E-state index < -0.39 is 6.61 Å². The maximum absolute atomic E-state index is 12.3. The predicted octanol–water partition coefficient (Wildman–Crippen LogP) is 2.91. The van der Waals surface area contributed by atoms with Crippen molar-refractivity contribution in [2.45, 2.75) is 26.0 Å². The third kappa shape index (κ3) is 4.53. The second-order valence-corrected chi connectivity index (χ2v) is 4.79. The SMILES string of the molecule is CCNC(Cc1cnn(C)c1)c1cccc(OC(F)F)c1. The number of aryl methyl sites for hydroxylation is 1. The molecule has 4 nitrogen and oxygen atoms in total. The molecule has 1 aromatic heterocycles. The fourth-order valence-electron chi connectivity index (χ4n) is 2.27. The summed E-state index contributed by atoms with van der Waals surface area (Å²) in [5.41, 5.74) is 2.00. The summed E-state index contributed by atoms with van der Waals surface area (Å²) in [6.45, 7) is -0.0168. The number of nitrogens with one attached hydrogen (secondary N) is 1. The predicted molar refractivity (Wildman–Crippen MR) is 76.4 cm³/mol. The van der Waals surface area contributed by atoms with E-state index >= 15 is 0 Å². The van der Waals surface area contributed by atoms with Gasteiger partial charge in [0.05, 0.1) is 6.20 Å².